The molecule has 0 aliphatic heterocycles. The van der Waals surface area contributed by atoms with Gasteiger partial charge in [-0.25, -0.2) is 8.42 Å². The smallest absolute Gasteiger partial charge is 0.273 e. The summed E-state index contributed by atoms with van der Waals surface area (Å²) in [5.74, 6) is 0.167. The van der Waals surface area contributed by atoms with E-state index in [2.05, 4.69) is 5.32 Å². The first-order valence-electron chi connectivity index (χ1n) is 10.6. The number of amides is 1. The minimum atomic E-state index is -4.51. The molecule has 3 rings (SSSR count). The number of benzene rings is 3. The van der Waals surface area contributed by atoms with Crippen LogP contribution < -0.4 is 23.8 Å². The van der Waals surface area contributed by atoms with Gasteiger partial charge in [-0.1, -0.05) is 17.7 Å². The molecule has 196 valence electrons. The van der Waals surface area contributed by atoms with Crippen LogP contribution in [0.4, 0.5) is 17.1 Å². The molecule has 0 unspecified atom stereocenters. The van der Waals surface area contributed by atoms with Crippen LogP contribution in [0.2, 0.25) is 5.02 Å². The number of ether oxygens (including phenoxy) is 3. The second-order valence-corrected chi connectivity index (χ2v) is 9.95. The van der Waals surface area contributed by atoms with Crippen LogP contribution in [0.25, 0.3) is 0 Å². The van der Waals surface area contributed by atoms with Crippen molar-refractivity contribution in [1.29, 1.82) is 0 Å². The third-order valence-electron chi connectivity index (χ3n) is 5.34. The van der Waals surface area contributed by atoms with Crippen molar-refractivity contribution < 1.29 is 32.3 Å². The SMILES string of the molecule is COc1ccc(NC(=O)CN(c2cc(Cl)ccc2OC)S(=O)(=O)c2ccc(C)c([N+](=O)[O-])c2)c(OC)c1. The average Bonchev–Trinajstić information content (AvgIpc) is 2.87. The van der Waals surface area contributed by atoms with Crippen LogP contribution in [-0.2, 0) is 14.8 Å². The van der Waals surface area contributed by atoms with E-state index in [0.29, 0.717) is 5.75 Å². The molecular weight excluding hydrogens is 526 g/mol. The number of nitro benzene ring substituents is 1. The molecule has 0 saturated heterocycles. The van der Waals surface area contributed by atoms with E-state index in [0.717, 1.165) is 10.4 Å². The standard InChI is InChI=1S/C24H24ClN3O8S/c1-15-5-8-18(13-20(15)28(30)31)37(32,33)27(21-11-16(25)6-10-22(21)35-3)14-24(29)26-19-9-7-17(34-2)12-23(19)36-4/h5-13H,14H2,1-4H3,(H,26,29). The first-order chi connectivity index (χ1) is 17.5. The number of hydrogen-bond donors (Lipinski definition) is 1. The number of nitrogens with zero attached hydrogens (tertiary/aromatic N) is 2. The number of carbonyl (C=O) groups is 1. The van der Waals surface area contributed by atoms with Crippen molar-refractivity contribution >= 4 is 44.6 Å². The number of nitrogens with one attached hydrogen (secondary N) is 1. The third kappa shape index (κ3) is 6.04. The van der Waals surface area contributed by atoms with Crippen molar-refractivity contribution in [2.45, 2.75) is 11.8 Å². The zero-order valence-corrected chi connectivity index (χ0v) is 21.9. The zero-order valence-electron chi connectivity index (χ0n) is 20.3. The number of nitro groups is 1. The van der Waals surface area contributed by atoms with E-state index in [1.165, 1.54) is 64.7 Å². The van der Waals surface area contributed by atoms with Crippen LogP contribution in [0.5, 0.6) is 17.2 Å². The molecule has 0 aromatic heterocycles. The Morgan fingerprint density at radius 3 is 2.32 bits per heavy atom. The number of carbonyl (C=O) groups excluding carboxylic acids is 1. The molecular formula is C24H24ClN3O8S. The maximum absolute atomic E-state index is 13.8. The normalized spacial score (nSPS) is 10.9. The number of aryl methyl sites for hydroxylation is 1. The molecule has 0 bridgehead atoms. The molecule has 0 aliphatic rings. The molecule has 0 aliphatic carbocycles. The summed E-state index contributed by atoms with van der Waals surface area (Å²) >= 11 is 6.14. The monoisotopic (exact) mass is 549 g/mol. The van der Waals surface area contributed by atoms with Crippen molar-refractivity contribution in [3.8, 4) is 17.2 Å². The lowest BCUT2D eigenvalue weighted by atomic mass is 10.2. The van der Waals surface area contributed by atoms with E-state index in [1.54, 1.807) is 12.1 Å². The van der Waals surface area contributed by atoms with Gasteiger partial charge in [-0.15, -0.1) is 0 Å². The summed E-state index contributed by atoms with van der Waals surface area (Å²) in [4.78, 5) is 23.5. The second kappa shape index (κ2) is 11.4. The summed E-state index contributed by atoms with van der Waals surface area (Å²) in [5, 5.41) is 14.3. The maximum Gasteiger partial charge on any atom is 0.273 e. The van der Waals surface area contributed by atoms with Gasteiger partial charge < -0.3 is 19.5 Å². The Kier molecular flexibility index (Phi) is 8.46. The quantitative estimate of drug-likeness (QED) is 0.290. The minimum absolute atomic E-state index is 0.0323. The Balaban J connectivity index is 2.09. The summed E-state index contributed by atoms with van der Waals surface area (Å²) in [5.41, 5.74) is 0.136. The molecule has 0 spiro atoms. The molecule has 1 N–H and O–H groups in total. The van der Waals surface area contributed by atoms with Crippen molar-refractivity contribution in [1.82, 2.24) is 0 Å². The summed E-state index contributed by atoms with van der Waals surface area (Å²) in [6.07, 6.45) is 0. The van der Waals surface area contributed by atoms with Gasteiger partial charge in [0, 0.05) is 22.7 Å². The predicted molar refractivity (Wildman–Crippen MR) is 139 cm³/mol. The predicted octanol–water partition coefficient (Wildman–Crippen LogP) is 4.42. The molecule has 1 amide bonds. The topological polar surface area (TPSA) is 137 Å². The Morgan fingerprint density at radius 2 is 1.70 bits per heavy atom. The van der Waals surface area contributed by atoms with Crippen molar-refractivity contribution in [3.05, 3.63) is 75.3 Å². The molecule has 37 heavy (non-hydrogen) atoms. The highest BCUT2D eigenvalue weighted by molar-refractivity contribution is 7.92. The van der Waals surface area contributed by atoms with Crippen LogP contribution in [0.15, 0.2) is 59.5 Å². The highest BCUT2D eigenvalue weighted by atomic mass is 35.5. The first kappa shape index (κ1) is 27.6. The van der Waals surface area contributed by atoms with Gasteiger partial charge in [-0.3, -0.25) is 19.2 Å². The number of anilines is 2. The lowest BCUT2D eigenvalue weighted by Crippen LogP contribution is -2.38. The van der Waals surface area contributed by atoms with Crippen LogP contribution in [-0.4, -0.2) is 47.1 Å². The highest BCUT2D eigenvalue weighted by Crippen LogP contribution is 2.36. The molecule has 0 radical (unpaired) electrons. The number of sulfonamides is 1. The van der Waals surface area contributed by atoms with Gasteiger partial charge in [-0.05, 0) is 43.3 Å². The Hall–Kier alpha value is -4.03. The van der Waals surface area contributed by atoms with E-state index < -0.39 is 27.4 Å². The molecule has 3 aromatic rings. The van der Waals surface area contributed by atoms with Gasteiger partial charge >= 0.3 is 0 Å². The van der Waals surface area contributed by atoms with E-state index in [-0.39, 0.29) is 44.0 Å². The van der Waals surface area contributed by atoms with Crippen LogP contribution in [0.3, 0.4) is 0 Å². The average molecular weight is 550 g/mol. The van der Waals surface area contributed by atoms with Crippen LogP contribution >= 0.6 is 11.6 Å². The van der Waals surface area contributed by atoms with Gasteiger partial charge in [0.15, 0.2) is 0 Å². The number of halogens is 1. The van der Waals surface area contributed by atoms with Gasteiger partial charge in [0.1, 0.15) is 23.8 Å². The van der Waals surface area contributed by atoms with E-state index in [9.17, 15) is 23.3 Å². The highest BCUT2D eigenvalue weighted by Gasteiger charge is 2.31. The number of hydrogen-bond acceptors (Lipinski definition) is 8. The largest absolute Gasteiger partial charge is 0.497 e. The van der Waals surface area contributed by atoms with Gasteiger partial charge in [0.25, 0.3) is 15.7 Å². The van der Waals surface area contributed by atoms with E-state index >= 15 is 0 Å². The summed E-state index contributed by atoms with van der Waals surface area (Å²) < 4.78 is 44.1. The third-order valence-corrected chi connectivity index (χ3v) is 7.34. The van der Waals surface area contributed by atoms with E-state index in [1.807, 2.05) is 0 Å². The Labute approximate surface area is 218 Å². The molecule has 11 nitrogen and oxygen atoms in total. The summed E-state index contributed by atoms with van der Waals surface area (Å²) in [7, 11) is -0.301. The van der Waals surface area contributed by atoms with Crippen LogP contribution in [0, 0.1) is 17.0 Å². The molecule has 0 atom stereocenters. The van der Waals surface area contributed by atoms with Gasteiger partial charge in [0.05, 0.1) is 42.5 Å². The fourth-order valence-electron chi connectivity index (χ4n) is 3.45. The fourth-order valence-corrected chi connectivity index (χ4v) is 5.06. The number of rotatable bonds is 10. The van der Waals surface area contributed by atoms with Crippen LogP contribution in [0.1, 0.15) is 5.56 Å². The minimum Gasteiger partial charge on any atom is -0.497 e. The lowest BCUT2D eigenvalue weighted by Gasteiger charge is -2.26. The zero-order chi connectivity index (χ0) is 27.3. The molecule has 3 aromatic carbocycles. The summed E-state index contributed by atoms with van der Waals surface area (Å²) in [6.45, 7) is 0.776. The molecule has 13 heteroatoms. The van der Waals surface area contributed by atoms with Crippen molar-refractivity contribution in [2.75, 3.05) is 37.5 Å². The molecule has 0 saturated carbocycles. The maximum atomic E-state index is 13.8. The number of methoxy groups -OCH3 is 3. The first-order valence-corrected chi connectivity index (χ1v) is 12.5. The van der Waals surface area contributed by atoms with Crippen molar-refractivity contribution in [2.24, 2.45) is 0 Å². The van der Waals surface area contributed by atoms with E-state index in [4.69, 9.17) is 25.8 Å². The molecule has 0 heterocycles. The lowest BCUT2D eigenvalue weighted by molar-refractivity contribution is -0.385. The Bertz CT molecular complexity index is 1450. The van der Waals surface area contributed by atoms with Gasteiger partial charge in [0.2, 0.25) is 5.91 Å². The Morgan fingerprint density at radius 1 is 1.00 bits per heavy atom. The van der Waals surface area contributed by atoms with Crippen molar-refractivity contribution in [3.63, 3.8) is 0 Å². The van der Waals surface area contributed by atoms with Gasteiger partial charge in [-0.2, -0.15) is 0 Å². The second-order valence-electron chi connectivity index (χ2n) is 7.65. The molecule has 0 fully saturated rings. The summed E-state index contributed by atoms with van der Waals surface area (Å²) in [6, 6.07) is 12.4. The fraction of sp³-hybridized carbons (Fsp3) is 0.208.